The largest absolute Gasteiger partial charge is 0.381 e. The fourth-order valence-electron chi connectivity index (χ4n) is 2.09. The van der Waals surface area contributed by atoms with Gasteiger partial charge in [0.25, 0.3) is 0 Å². The van der Waals surface area contributed by atoms with Crippen molar-refractivity contribution in [3.8, 4) is 0 Å². The van der Waals surface area contributed by atoms with Crippen molar-refractivity contribution in [2.75, 3.05) is 13.2 Å². The Balaban J connectivity index is 2.23. The third-order valence-corrected chi connectivity index (χ3v) is 3.54. The highest BCUT2D eigenvalue weighted by molar-refractivity contribution is 5.96. The Bertz CT molecular complexity index is 386. The zero-order valence-corrected chi connectivity index (χ0v) is 12.5. The van der Waals surface area contributed by atoms with Crippen LogP contribution in [0.5, 0.6) is 0 Å². The average Bonchev–Trinajstić information content (AvgIpc) is 2.47. The smallest absolute Gasteiger partial charge is 0.165 e. The van der Waals surface area contributed by atoms with Crippen molar-refractivity contribution in [3.63, 3.8) is 0 Å². The molecule has 0 saturated carbocycles. The summed E-state index contributed by atoms with van der Waals surface area (Å²) in [6.45, 7) is 5.54. The number of ketones is 1. The Hall–Kier alpha value is -1.22. The summed E-state index contributed by atoms with van der Waals surface area (Å²) in [4.78, 5) is 11.8. The van der Waals surface area contributed by atoms with Gasteiger partial charge in [-0.05, 0) is 36.6 Å². The van der Waals surface area contributed by atoms with Crippen molar-refractivity contribution in [3.05, 3.63) is 35.6 Å². The molecule has 0 aromatic heterocycles. The highest BCUT2D eigenvalue weighted by atomic mass is 19.1. The van der Waals surface area contributed by atoms with Gasteiger partial charge in [0.2, 0.25) is 0 Å². The van der Waals surface area contributed by atoms with Crippen LogP contribution in [-0.4, -0.2) is 19.0 Å². The van der Waals surface area contributed by atoms with E-state index in [2.05, 4.69) is 13.8 Å². The van der Waals surface area contributed by atoms with E-state index >= 15 is 0 Å². The quantitative estimate of drug-likeness (QED) is 0.461. The molecule has 1 aromatic rings. The van der Waals surface area contributed by atoms with Crippen LogP contribution >= 0.6 is 0 Å². The summed E-state index contributed by atoms with van der Waals surface area (Å²) in [5.41, 5.74) is 0.549. The minimum Gasteiger partial charge on any atom is -0.381 e. The zero-order valence-electron chi connectivity index (χ0n) is 12.5. The van der Waals surface area contributed by atoms with Crippen LogP contribution in [0.1, 0.15) is 56.3 Å². The summed E-state index contributed by atoms with van der Waals surface area (Å²) in [6.07, 6.45) is 5.11. The van der Waals surface area contributed by atoms with Crippen LogP contribution in [0.25, 0.3) is 0 Å². The van der Waals surface area contributed by atoms with Crippen molar-refractivity contribution < 1.29 is 13.9 Å². The van der Waals surface area contributed by atoms with Crippen molar-refractivity contribution in [2.24, 2.45) is 5.92 Å². The molecule has 20 heavy (non-hydrogen) atoms. The maximum absolute atomic E-state index is 12.8. The number of unbranched alkanes of at least 4 members (excludes halogenated alkanes) is 1. The molecule has 0 fully saturated rings. The van der Waals surface area contributed by atoms with E-state index in [1.807, 2.05) is 0 Å². The average molecular weight is 280 g/mol. The van der Waals surface area contributed by atoms with Crippen LogP contribution in [0.4, 0.5) is 4.39 Å². The fraction of sp³-hybridized carbons (Fsp3) is 0.588. The third kappa shape index (κ3) is 6.29. The lowest BCUT2D eigenvalue weighted by Crippen LogP contribution is -2.12. The van der Waals surface area contributed by atoms with Crippen molar-refractivity contribution in [2.45, 2.75) is 46.0 Å². The molecule has 0 heterocycles. The first-order chi connectivity index (χ1) is 9.67. The van der Waals surface area contributed by atoms with Crippen LogP contribution in [0, 0.1) is 11.7 Å². The highest BCUT2D eigenvalue weighted by Gasteiger charge is 2.08. The van der Waals surface area contributed by atoms with Crippen LogP contribution in [0.15, 0.2) is 24.3 Å². The first kappa shape index (κ1) is 16.8. The molecule has 0 aliphatic carbocycles. The molecule has 2 nitrogen and oxygen atoms in total. The zero-order chi connectivity index (χ0) is 14.8. The fourth-order valence-corrected chi connectivity index (χ4v) is 2.09. The molecular weight excluding hydrogens is 255 g/mol. The number of ether oxygens (including phenoxy) is 1. The first-order valence-corrected chi connectivity index (χ1v) is 7.53. The van der Waals surface area contributed by atoms with E-state index in [0.29, 0.717) is 24.5 Å². The summed E-state index contributed by atoms with van der Waals surface area (Å²) >= 11 is 0. The monoisotopic (exact) mass is 280 g/mol. The number of carbonyl (C=O) groups is 1. The summed E-state index contributed by atoms with van der Waals surface area (Å²) in [5.74, 6) is 0.280. The Morgan fingerprint density at radius 3 is 2.55 bits per heavy atom. The van der Waals surface area contributed by atoms with E-state index in [-0.39, 0.29) is 11.6 Å². The molecular formula is C17H25FO2. The van der Waals surface area contributed by atoms with E-state index in [1.165, 1.54) is 43.5 Å². The van der Waals surface area contributed by atoms with Gasteiger partial charge in [0.05, 0.1) is 6.61 Å². The first-order valence-electron chi connectivity index (χ1n) is 7.53. The van der Waals surface area contributed by atoms with Gasteiger partial charge in [-0.15, -0.1) is 0 Å². The molecule has 0 saturated heterocycles. The lowest BCUT2D eigenvalue weighted by molar-refractivity contribution is 0.0767. The van der Waals surface area contributed by atoms with E-state index in [9.17, 15) is 9.18 Å². The number of benzene rings is 1. The Morgan fingerprint density at radius 2 is 1.95 bits per heavy atom. The normalized spacial score (nSPS) is 12.3. The summed E-state index contributed by atoms with van der Waals surface area (Å²) in [6, 6.07) is 5.67. The number of carbonyl (C=O) groups excluding carboxylic acids is 1. The minimum atomic E-state index is -0.320. The number of hydrogen-bond acceptors (Lipinski definition) is 2. The Labute approximate surface area is 121 Å². The molecule has 0 radical (unpaired) electrons. The van der Waals surface area contributed by atoms with Crippen LogP contribution < -0.4 is 0 Å². The summed E-state index contributed by atoms with van der Waals surface area (Å²) in [7, 11) is 0. The van der Waals surface area contributed by atoms with E-state index in [0.717, 1.165) is 13.0 Å². The maximum Gasteiger partial charge on any atom is 0.165 e. The summed E-state index contributed by atoms with van der Waals surface area (Å²) < 4.78 is 18.4. The van der Waals surface area contributed by atoms with Crippen molar-refractivity contribution in [1.29, 1.82) is 0 Å². The SMILES string of the molecule is CCCCC(CC)COCCC(=O)c1ccc(F)cc1. The molecule has 0 bridgehead atoms. The van der Waals surface area contributed by atoms with Gasteiger partial charge in [0.1, 0.15) is 5.82 Å². The Kier molecular flexibility index (Phi) is 8.12. The van der Waals surface area contributed by atoms with Crippen LogP contribution in [0.3, 0.4) is 0 Å². The molecule has 0 N–H and O–H groups in total. The standard InChI is InChI=1S/C17H25FO2/c1-3-5-6-14(4-2)13-20-12-11-17(19)15-7-9-16(18)10-8-15/h7-10,14H,3-6,11-13H2,1-2H3. The number of rotatable bonds is 10. The van der Waals surface area contributed by atoms with Gasteiger partial charge in [-0.25, -0.2) is 4.39 Å². The van der Waals surface area contributed by atoms with Crippen molar-refractivity contribution in [1.82, 2.24) is 0 Å². The van der Waals surface area contributed by atoms with Gasteiger partial charge in [-0.3, -0.25) is 4.79 Å². The number of hydrogen-bond donors (Lipinski definition) is 0. The predicted octanol–water partition coefficient (Wildman–Crippen LogP) is 4.63. The van der Waals surface area contributed by atoms with Crippen molar-refractivity contribution >= 4 is 5.78 Å². The molecule has 1 aromatic carbocycles. The molecule has 1 rings (SSSR count). The van der Waals surface area contributed by atoms with Crippen LogP contribution in [-0.2, 0) is 4.74 Å². The van der Waals surface area contributed by atoms with Gasteiger partial charge in [-0.2, -0.15) is 0 Å². The minimum absolute atomic E-state index is 0.00612. The number of Topliss-reactive ketones (excluding diaryl/α,β-unsaturated/α-hetero) is 1. The second kappa shape index (κ2) is 9.65. The molecule has 0 amide bonds. The van der Waals surface area contributed by atoms with Crippen LogP contribution in [0.2, 0.25) is 0 Å². The molecule has 0 spiro atoms. The van der Waals surface area contributed by atoms with E-state index < -0.39 is 0 Å². The number of halogens is 1. The van der Waals surface area contributed by atoms with E-state index in [1.54, 1.807) is 0 Å². The van der Waals surface area contributed by atoms with Gasteiger partial charge in [-0.1, -0.05) is 33.1 Å². The molecule has 0 aliphatic heterocycles. The summed E-state index contributed by atoms with van der Waals surface area (Å²) in [5, 5.41) is 0. The van der Waals surface area contributed by atoms with Gasteiger partial charge < -0.3 is 4.74 Å². The second-order valence-corrected chi connectivity index (χ2v) is 5.17. The van der Waals surface area contributed by atoms with Gasteiger partial charge in [0.15, 0.2) is 5.78 Å². The highest BCUT2D eigenvalue weighted by Crippen LogP contribution is 2.13. The molecule has 1 atom stereocenters. The topological polar surface area (TPSA) is 26.3 Å². The second-order valence-electron chi connectivity index (χ2n) is 5.17. The Morgan fingerprint density at radius 1 is 1.25 bits per heavy atom. The van der Waals surface area contributed by atoms with E-state index in [4.69, 9.17) is 4.74 Å². The third-order valence-electron chi connectivity index (χ3n) is 3.54. The maximum atomic E-state index is 12.8. The lowest BCUT2D eigenvalue weighted by Gasteiger charge is -2.14. The molecule has 112 valence electrons. The van der Waals surface area contributed by atoms with Gasteiger partial charge >= 0.3 is 0 Å². The van der Waals surface area contributed by atoms with Gasteiger partial charge in [0, 0.05) is 18.6 Å². The molecule has 1 unspecified atom stereocenters. The lowest BCUT2D eigenvalue weighted by atomic mass is 10.0. The molecule has 0 aliphatic rings. The molecule has 3 heteroatoms. The predicted molar refractivity (Wildman–Crippen MR) is 79.5 cm³/mol.